The van der Waals surface area contributed by atoms with Crippen LogP contribution in [0.3, 0.4) is 0 Å². The Labute approximate surface area is 117 Å². The Balaban J connectivity index is 2.27. The molecular weight excluding hydrogens is 318 g/mol. The first-order valence-corrected chi connectivity index (χ1v) is 6.21. The summed E-state index contributed by atoms with van der Waals surface area (Å²) in [4.78, 5) is 12.1. The van der Waals surface area contributed by atoms with Crippen LogP contribution in [0.2, 0.25) is 0 Å². The van der Waals surface area contributed by atoms with Crippen LogP contribution >= 0.6 is 15.9 Å². The Morgan fingerprint density at radius 3 is 2.32 bits per heavy atom. The summed E-state index contributed by atoms with van der Waals surface area (Å²) in [5, 5.41) is 0. The van der Waals surface area contributed by atoms with E-state index in [1.165, 1.54) is 18.2 Å². The van der Waals surface area contributed by atoms with E-state index in [0.717, 1.165) is 0 Å². The molecule has 0 bridgehead atoms. The molecule has 0 fully saturated rings. The van der Waals surface area contributed by atoms with Crippen molar-refractivity contribution in [3.8, 4) is 5.75 Å². The lowest BCUT2D eigenvalue weighted by Gasteiger charge is -2.08. The van der Waals surface area contributed by atoms with Crippen LogP contribution in [0.4, 0.5) is 8.78 Å². The zero-order valence-electron chi connectivity index (χ0n) is 9.65. The van der Waals surface area contributed by atoms with E-state index in [-0.39, 0.29) is 11.5 Å². The first-order chi connectivity index (χ1) is 9.08. The topological polar surface area (TPSA) is 26.3 Å². The molecule has 0 aliphatic rings. The smallest absolute Gasteiger partial charge is 0.387 e. The first kappa shape index (κ1) is 13.7. The molecule has 0 unspecified atom stereocenters. The summed E-state index contributed by atoms with van der Waals surface area (Å²) in [5.41, 5.74) is 0.941. The molecule has 0 radical (unpaired) electrons. The molecule has 98 valence electrons. The molecule has 0 amide bonds. The molecule has 2 aromatic rings. The molecule has 0 aliphatic carbocycles. The lowest BCUT2D eigenvalue weighted by molar-refractivity contribution is -0.0503. The minimum Gasteiger partial charge on any atom is -0.434 e. The fourth-order valence-electron chi connectivity index (χ4n) is 1.59. The summed E-state index contributed by atoms with van der Waals surface area (Å²) in [5.74, 6) is -0.176. The Morgan fingerprint density at radius 2 is 1.74 bits per heavy atom. The number of ether oxygens (including phenoxy) is 1. The van der Waals surface area contributed by atoms with Crippen molar-refractivity contribution in [2.45, 2.75) is 6.61 Å². The van der Waals surface area contributed by atoms with Gasteiger partial charge in [0, 0.05) is 11.1 Å². The van der Waals surface area contributed by atoms with Crippen LogP contribution in [-0.4, -0.2) is 12.4 Å². The second-order valence-electron chi connectivity index (χ2n) is 3.72. The van der Waals surface area contributed by atoms with Gasteiger partial charge in [0.2, 0.25) is 0 Å². The molecular formula is C14H9BrF2O2. The molecule has 0 spiro atoms. The highest BCUT2D eigenvalue weighted by Gasteiger charge is 2.13. The first-order valence-electron chi connectivity index (χ1n) is 5.42. The van der Waals surface area contributed by atoms with Crippen LogP contribution in [-0.2, 0) is 0 Å². The minimum absolute atomic E-state index is 0.000360. The SMILES string of the molecule is O=C(c1ccccc1)c1ccc(OC(F)F)c(Br)c1. The zero-order valence-corrected chi connectivity index (χ0v) is 11.2. The summed E-state index contributed by atoms with van der Waals surface area (Å²) >= 11 is 3.11. The summed E-state index contributed by atoms with van der Waals surface area (Å²) in [6, 6.07) is 13.0. The Bertz CT molecular complexity index is 585. The number of carbonyl (C=O) groups excluding carboxylic acids is 1. The predicted molar refractivity (Wildman–Crippen MR) is 70.6 cm³/mol. The van der Waals surface area contributed by atoms with Crippen molar-refractivity contribution < 1.29 is 18.3 Å². The van der Waals surface area contributed by atoms with E-state index in [0.29, 0.717) is 15.6 Å². The number of halogens is 3. The summed E-state index contributed by atoms with van der Waals surface area (Å²) < 4.78 is 28.8. The van der Waals surface area contributed by atoms with Gasteiger partial charge in [-0.25, -0.2) is 0 Å². The van der Waals surface area contributed by atoms with Gasteiger partial charge in [-0.05, 0) is 34.1 Å². The molecule has 0 aliphatic heterocycles. The van der Waals surface area contributed by atoms with Crippen molar-refractivity contribution in [1.82, 2.24) is 0 Å². The number of ketones is 1. The molecule has 0 atom stereocenters. The Kier molecular flexibility index (Phi) is 4.27. The predicted octanol–water partition coefficient (Wildman–Crippen LogP) is 4.28. The van der Waals surface area contributed by atoms with Crippen molar-refractivity contribution in [1.29, 1.82) is 0 Å². The monoisotopic (exact) mass is 326 g/mol. The third-order valence-electron chi connectivity index (χ3n) is 2.45. The van der Waals surface area contributed by atoms with Crippen molar-refractivity contribution >= 4 is 21.7 Å². The van der Waals surface area contributed by atoms with E-state index in [9.17, 15) is 13.6 Å². The van der Waals surface area contributed by atoms with Gasteiger partial charge in [0.1, 0.15) is 5.75 Å². The maximum absolute atomic E-state index is 12.1. The van der Waals surface area contributed by atoms with Crippen molar-refractivity contribution in [3.63, 3.8) is 0 Å². The Hall–Kier alpha value is -1.75. The molecule has 2 nitrogen and oxygen atoms in total. The lowest BCUT2D eigenvalue weighted by Crippen LogP contribution is -2.04. The van der Waals surface area contributed by atoms with E-state index >= 15 is 0 Å². The number of rotatable bonds is 4. The average molecular weight is 327 g/mol. The number of carbonyl (C=O) groups is 1. The highest BCUT2D eigenvalue weighted by atomic mass is 79.9. The number of hydrogen-bond acceptors (Lipinski definition) is 2. The van der Waals surface area contributed by atoms with Gasteiger partial charge < -0.3 is 4.74 Å². The van der Waals surface area contributed by atoms with Crippen LogP contribution in [0.1, 0.15) is 15.9 Å². The highest BCUT2D eigenvalue weighted by molar-refractivity contribution is 9.10. The molecule has 2 aromatic carbocycles. The van der Waals surface area contributed by atoms with Crippen molar-refractivity contribution in [3.05, 3.63) is 64.1 Å². The van der Waals surface area contributed by atoms with Gasteiger partial charge in [-0.15, -0.1) is 0 Å². The van der Waals surface area contributed by atoms with E-state index in [4.69, 9.17) is 0 Å². The number of hydrogen-bond donors (Lipinski definition) is 0. The van der Waals surface area contributed by atoms with Crippen LogP contribution in [0, 0.1) is 0 Å². The zero-order chi connectivity index (χ0) is 13.8. The minimum atomic E-state index is -2.90. The highest BCUT2D eigenvalue weighted by Crippen LogP contribution is 2.28. The van der Waals surface area contributed by atoms with Crippen LogP contribution in [0.5, 0.6) is 5.75 Å². The summed E-state index contributed by atoms with van der Waals surface area (Å²) in [6.45, 7) is -2.90. The molecule has 0 saturated carbocycles. The van der Waals surface area contributed by atoms with Crippen LogP contribution in [0.15, 0.2) is 53.0 Å². The normalized spacial score (nSPS) is 10.5. The van der Waals surface area contributed by atoms with Crippen molar-refractivity contribution in [2.75, 3.05) is 0 Å². The summed E-state index contributed by atoms with van der Waals surface area (Å²) in [6.07, 6.45) is 0. The molecule has 0 N–H and O–H groups in total. The third-order valence-corrected chi connectivity index (χ3v) is 3.07. The van der Waals surface area contributed by atoms with Gasteiger partial charge in [-0.2, -0.15) is 8.78 Å². The van der Waals surface area contributed by atoms with E-state index in [1.54, 1.807) is 24.3 Å². The molecule has 2 rings (SSSR count). The van der Waals surface area contributed by atoms with Gasteiger partial charge >= 0.3 is 6.61 Å². The van der Waals surface area contributed by atoms with Gasteiger partial charge in [0.05, 0.1) is 4.47 Å². The molecule has 5 heteroatoms. The third kappa shape index (κ3) is 3.38. The maximum Gasteiger partial charge on any atom is 0.387 e. The fourth-order valence-corrected chi connectivity index (χ4v) is 2.06. The van der Waals surface area contributed by atoms with E-state index in [1.807, 2.05) is 6.07 Å². The standard InChI is InChI=1S/C14H9BrF2O2/c15-11-8-10(6-7-12(11)19-14(16)17)13(18)9-4-2-1-3-5-9/h1-8,14H. The maximum atomic E-state index is 12.1. The largest absolute Gasteiger partial charge is 0.434 e. The van der Waals surface area contributed by atoms with Crippen LogP contribution < -0.4 is 4.74 Å². The Morgan fingerprint density at radius 1 is 1.05 bits per heavy atom. The molecule has 19 heavy (non-hydrogen) atoms. The van der Waals surface area contributed by atoms with Crippen molar-refractivity contribution in [2.24, 2.45) is 0 Å². The average Bonchev–Trinajstić information content (AvgIpc) is 2.41. The van der Waals surface area contributed by atoms with E-state index < -0.39 is 6.61 Å². The summed E-state index contributed by atoms with van der Waals surface area (Å²) in [7, 11) is 0. The molecule has 0 heterocycles. The fraction of sp³-hybridized carbons (Fsp3) is 0.0714. The van der Waals surface area contributed by atoms with Gasteiger partial charge in [-0.1, -0.05) is 30.3 Å². The number of alkyl halides is 2. The molecule has 0 aromatic heterocycles. The second kappa shape index (κ2) is 5.93. The lowest BCUT2D eigenvalue weighted by atomic mass is 10.0. The van der Waals surface area contributed by atoms with Crippen LogP contribution in [0.25, 0.3) is 0 Å². The quantitative estimate of drug-likeness (QED) is 0.784. The second-order valence-corrected chi connectivity index (χ2v) is 4.57. The van der Waals surface area contributed by atoms with E-state index in [2.05, 4.69) is 20.7 Å². The number of benzene rings is 2. The van der Waals surface area contributed by atoms with Gasteiger partial charge in [-0.3, -0.25) is 4.79 Å². The van der Waals surface area contributed by atoms with Gasteiger partial charge in [0.15, 0.2) is 5.78 Å². The van der Waals surface area contributed by atoms with Gasteiger partial charge in [0.25, 0.3) is 0 Å². The molecule has 0 saturated heterocycles.